The summed E-state index contributed by atoms with van der Waals surface area (Å²) < 4.78 is 10.1. The van der Waals surface area contributed by atoms with Crippen LogP contribution in [0.1, 0.15) is 23.2 Å². The van der Waals surface area contributed by atoms with Crippen LogP contribution in [0.4, 0.5) is 5.69 Å². The second kappa shape index (κ2) is 11.1. The largest absolute Gasteiger partial charge is 0.495 e. The van der Waals surface area contributed by atoms with Gasteiger partial charge < -0.3 is 14.8 Å². The second-order valence-electron chi connectivity index (χ2n) is 6.92. The van der Waals surface area contributed by atoms with Crippen molar-refractivity contribution in [2.24, 2.45) is 0 Å². The highest BCUT2D eigenvalue weighted by Gasteiger charge is 2.14. The third-order valence-electron chi connectivity index (χ3n) is 4.67. The smallest absolute Gasteiger partial charge is 0.306 e. The summed E-state index contributed by atoms with van der Waals surface area (Å²) in [5, 5.41) is 3.00. The van der Waals surface area contributed by atoms with Crippen molar-refractivity contribution in [3.05, 3.63) is 83.4 Å². The van der Waals surface area contributed by atoms with E-state index < -0.39 is 18.5 Å². The summed E-state index contributed by atoms with van der Waals surface area (Å²) in [5.41, 5.74) is 2.95. The maximum Gasteiger partial charge on any atom is 0.306 e. The Balaban J connectivity index is 1.45. The number of nitrogens with one attached hydrogen (secondary N) is 1. The van der Waals surface area contributed by atoms with Gasteiger partial charge in [-0.2, -0.15) is 0 Å². The fourth-order valence-electron chi connectivity index (χ4n) is 3.02. The molecule has 0 aliphatic rings. The Labute approximate surface area is 191 Å². The quantitative estimate of drug-likeness (QED) is 0.359. The molecule has 6 nitrogen and oxygen atoms in total. The third kappa shape index (κ3) is 6.43. The first-order valence-corrected chi connectivity index (χ1v) is 10.3. The summed E-state index contributed by atoms with van der Waals surface area (Å²) in [6.45, 7) is -0.478. The number of esters is 1. The van der Waals surface area contributed by atoms with Gasteiger partial charge in [-0.3, -0.25) is 14.4 Å². The Bertz CT molecular complexity index is 1100. The molecule has 3 rings (SSSR count). The number of methoxy groups -OCH3 is 1. The van der Waals surface area contributed by atoms with Crippen molar-refractivity contribution >= 4 is 34.9 Å². The maximum absolute atomic E-state index is 12.4. The highest BCUT2D eigenvalue weighted by molar-refractivity contribution is 6.31. The van der Waals surface area contributed by atoms with Crippen molar-refractivity contribution < 1.29 is 23.9 Å². The van der Waals surface area contributed by atoms with Crippen molar-refractivity contribution in [3.8, 4) is 16.9 Å². The van der Waals surface area contributed by atoms with E-state index >= 15 is 0 Å². The maximum atomic E-state index is 12.4. The summed E-state index contributed by atoms with van der Waals surface area (Å²) in [5.74, 6) is -0.915. The number of ether oxygens (including phenoxy) is 2. The van der Waals surface area contributed by atoms with Crippen LogP contribution >= 0.6 is 11.6 Å². The summed E-state index contributed by atoms with van der Waals surface area (Å²) >= 11 is 5.92. The first-order valence-electron chi connectivity index (χ1n) is 9.94. The van der Waals surface area contributed by atoms with Gasteiger partial charge >= 0.3 is 5.97 Å². The molecule has 3 aromatic carbocycles. The molecule has 32 heavy (non-hydrogen) atoms. The lowest BCUT2D eigenvalue weighted by Gasteiger charge is -2.11. The van der Waals surface area contributed by atoms with E-state index in [2.05, 4.69) is 5.32 Å². The molecule has 0 aliphatic carbocycles. The predicted molar refractivity (Wildman–Crippen MR) is 123 cm³/mol. The normalized spacial score (nSPS) is 10.3. The zero-order chi connectivity index (χ0) is 22.9. The number of carbonyl (C=O) groups is 3. The summed E-state index contributed by atoms with van der Waals surface area (Å²) in [7, 11) is 1.46. The molecule has 0 spiro atoms. The number of Topliss-reactive ketones (excluding diaryl/α,β-unsaturated/α-hetero) is 1. The zero-order valence-corrected chi connectivity index (χ0v) is 18.2. The lowest BCUT2D eigenvalue weighted by molar-refractivity contribution is -0.147. The lowest BCUT2D eigenvalue weighted by Crippen LogP contribution is -2.21. The molecule has 0 radical (unpaired) electrons. The van der Waals surface area contributed by atoms with E-state index in [4.69, 9.17) is 21.1 Å². The predicted octanol–water partition coefficient (Wildman–Crippen LogP) is 5.16. The highest BCUT2D eigenvalue weighted by Crippen LogP contribution is 2.27. The monoisotopic (exact) mass is 451 g/mol. The van der Waals surface area contributed by atoms with Crippen molar-refractivity contribution in [2.75, 3.05) is 19.0 Å². The first kappa shape index (κ1) is 23.0. The molecular weight excluding hydrogens is 430 g/mol. The number of hydrogen-bond donors (Lipinski definition) is 1. The summed E-state index contributed by atoms with van der Waals surface area (Å²) in [4.78, 5) is 36.4. The fraction of sp³-hybridized carbons (Fsp3) is 0.160. The van der Waals surface area contributed by atoms with E-state index in [1.165, 1.54) is 13.2 Å². The van der Waals surface area contributed by atoms with Gasteiger partial charge in [0, 0.05) is 17.0 Å². The second-order valence-corrected chi connectivity index (χ2v) is 7.36. The van der Waals surface area contributed by atoms with Crippen LogP contribution in [0.5, 0.6) is 5.75 Å². The van der Waals surface area contributed by atoms with E-state index in [1.54, 1.807) is 24.3 Å². The average Bonchev–Trinajstić information content (AvgIpc) is 2.82. The molecule has 3 aromatic rings. The molecule has 0 bridgehead atoms. The van der Waals surface area contributed by atoms with Crippen molar-refractivity contribution in [2.45, 2.75) is 12.8 Å². The lowest BCUT2D eigenvalue weighted by atomic mass is 10.0. The van der Waals surface area contributed by atoms with E-state index in [-0.39, 0.29) is 18.6 Å². The topological polar surface area (TPSA) is 81.7 Å². The SMILES string of the molecule is COc1ccc(Cl)cc1NC(=O)COC(=O)CCC(=O)c1ccc(-c2ccccc2)cc1. The highest BCUT2D eigenvalue weighted by atomic mass is 35.5. The number of benzene rings is 3. The van der Waals surface area contributed by atoms with Gasteiger partial charge in [-0.15, -0.1) is 0 Å². The molecule has 7 heteroatoms. The van der Waals surface area contributed by atoms with Crippen LogP contribution in [0.25, 0.3) is 11.1 Å². The van der Waals surface area contributed by atoms with Crippen molar-refractivity contribution in [1.29, 1.82) is 0 Å². The van der Waals surface area contributed by atoms with Crippen LogP contribution in [0, 0.1) is 0 Å². The Morgan fingerprint density at radius 2 is 1.56 bits per heavy atom. The van der Waals surface area contributed by atoms with Crippen molar-refractivity contribution in [3.63, 3.8) is 0 Å². The number of hydrogen-bond acceptors (Lipinski definition) is 5. The number of rotatable bonds is 9. The Morgan fingerprint density at radius 3 is 2.25 bits per heavy atom. The van der Waals surface area contributed by atoms with Crippen molar-refractivity contribution in [1.82, 2.24) is 0 Å². The molecule has 0 aromatic heterocycles. The standard InChI is InChI=1S/C25H22ClNO5/c1-31-23-13-11-20(26)15-21(23)27-24(29)16-32-25(30)14-12-22(28)19-9-7-18(8-10-19)17-5-3-2-4-6-17/h2-11,13,15H,12,14,16H2,1H3,(H,27,29). The molecule has 1 N–H and O–H groups in total. The van der Waals surface area contributed by atoms with E-state index in [9.17, 15) is 14.4 Å². The van der Waals surface area contributed by atoms with Gasteiger partial charge in [0.05, 0.1) is 19.2 Å². The molecule has 0 saturated heterocycles. The Morgan fingerprint density at radius 1 is 0.875 bits per heavy atom. The molecule has 0 fully saturated rings. The van der Waals surface area contributed by atoms with Crippen LogP contribution in [0.2, 0.25) is 5.02 Å². The first-order chi connectivity index (χ1) is 15.5. The molecule has 0 unspecified atom stereocenters. The number of ketones is 1. The zero-order valence-electron chi connectivity index (χ0n) is 17.5. The molecule has 0 saturated carbocycles. The van der Waals surface area contributed by atoms with E-state index in [1.807, 2.05) is 42.5 Å². The molecular formula is C25H22ClNO5. The molecule has 0 aliphatic heterocycles. The van der Waals surface area contributed by atoms with Crippen LogP contribution in [-0.4, -0.2) is 31.4 Å². The Hall–Kier alpha value is -3.64. The van der Waals surface area contributed by atoms with Crippen LogP contribution in [0.15, 0.2) is 72.8 Å². The van der Waals surface area contributed by atoms with Gasteiger partial charge in [0.25, 0.3) is 5.91 Å². The van der Waals surface area contributed by atoms with Gasteiger partial charge in [-0.05, 0) is 29.3 Å². The summed E-state index contributed by atoms with van der Waals surface area (Å²) in [6.07, 6.45) is -0.125. The fourth-order valence-corrected chi connectivity index (χ4v) is 3.19. The van der Waals surface area contributed by atoms with E-state index in [0.29, 0.717) is 22.0 Å². The molecule has 0 heterocycles. The number of amides is 1. The Kier molecular flexibility index (Phi) is 8.00. The number of halogens is 1. The molecule has 164 valence electrons. The van der Waals surface area contributed by atoms with Gasteiger partial charge in [0.15, 0.2) is 12.4 Å². The van der Waals surface area contributed by atoms with Gasteiger partial charge in [-0.25, -0.2) is 0 Å². The number of carbonyl (C=O) groups excluding carboxylic acids is 3. The molecule has 0 atom stereocenters. The van der Waals surface area contributed by atoms with Crippen LogP contribution in [-0.2, 0) is 14.3 Å². The van der Waals surface area contributed by atoms with Crippen LogP contribution < -0.4 is 10.1 Å². The third-order valence-corrected chi connectivity index (χ3v) is 4.91. The minimum absolute atomic E-state index is 0.00669. The van der Waals surface area contributed by atoms with E-state index in [0.717, 1.165) is 11.1 Å². The average molecular weight is 452 g/mol. The summed E-state index contributed by atoms with van der Waals surface area (Å²) in [6, 6.07) is 21.8. The number of anilines is 1. The van der Waals surface area contributed by atoms with Crippen LogP contribution in [0.3, 0.4) is 0 Å². The minimum Gasteiger partial charge on any atom is -0.495 e. The van der Waals surface area contributed by atoms with Gasteiger partial charge in [0.1, 0.15) is 5.75 Å². The van der Waals surface area contributed by atoms with Gasteiger partial charge in [-0.1, -0.05) is 66.2 Å². The molecule has 1 amide bonds. The minimum atomic E-state index is -0.632. The van der Waals surface area contributed by atoms with Gasteiger partial charge in [0.2, 0.25) is 0 Å².